The monoisotopic (exact) mass is 246 g/mol. The van der Waals surface area contributed by atoms with Crippen LogP contribution in [0.15, 0.2) is 0 Å². The van der Waals surface area contributed by atoms with E-state index in [4.69, 9.17) is 4.43 Å². The van der Waals surface area contributed by atoms with Gasteiger partial charge in [-0.1, -0.05) is 71.1 Å². The molecule has 0 spiro atoms. The van der Waals surface area contributed by atoms with Crippen LogP contribution in [0.4, 0.5) is 0 Å². The molecule has 0 fully saturated rings. The van der Waals surface area contributed by atoms with Crippen molar-refractivity contribution in [3.8, 4) is 0 Å². The van der Waals surface area contributed by atoms with Gasteiger partial charge >= 0.3 is 9.28 Å². The zero-order valence-electron chi connectivity index (χ0n) is 11.2. The molecule has 0 aromatic rings. The summed E-state index contributed by atoms with van der Waals surface area (Å²) in [4.78, 5) is 9.30. The summed E-state index contributed by atoms with van der Waals surface area (Å²) in [6, 6.07) is 0.924. The Morgan fingerprint density at radius 2 is 1.25 bits per heavy atom. The van der Waals surface area contributed by atoms with Gasteiger partial charge in [-0.3, -0.25) is 0 Å². The SMILES string of the molecule is CCCCCCCCCCCC[SiH](O)OC. The standard InChI is InChI=1S/C13H30O2Si/c1-3-4-5-6-7-8-9-10-11-12-13-16(14)15-2/h14,16H,3-13H2,1-2H3. The van der Waals surface area contributed by atoms with Gasteiger partial charge in [0.1, 0.15) is 0 Å². The Hall–Kier alpha value is 0.137. The maximum absolute atomic E-state index is 9.30. The van der Waals surface area contributed by atoms with E-state index in [1.807, 2.05) is 0 Å². The molecule has 0 aliphatic heterocycles. The molecule has 98 valence electrons. The van der Waals surface area contributed by atoms with E-state index in [2.05, 4.69) is 6.92 Å². The number of rotatable bonds is 12. The molecular weight excluding hydrogens is 216 g/mol. The van der Waals surface area contributed by atoms with Crippen LogP contribution in [-0.4, -0.2) is 21.2 Å². The molecule has 0 aliphatic carbocycles. The highest BCUT2D eigenvalue weighted by atomic mass is 28.3. The van der Waals surface area contributed by atoms with Gasteiger partial charge in [0, 0.05) is 7.11 Å². The van der Waals surface area contributed by atoms with Crippen molar-refractivity contribution >= 4 is 9.28 Å². The van der Waals surface area contributed by atoms with E-state index < -0.39 is 9.28 Å². The van der Waals surface area contributed by atoms with E-state index in [1.165, 1.54) is 57.8 Å². The molecule has 0 radical (unpaired) electrons. The molecule has 1 N–H and O–H groups in total. The minimum absolute atomic E-state index is 0.924. The Morgan fingerprint density at radius 1 is 0.812 bits per heavy atom. The fraction of sp³-hybridized carbons (Fsp3) is 1.00. The molecule has 3 heteroatoms. The van der Waals surface area contributed by atoms with Gasteiger partial charge in [-0.25, -0.2) is 0 Å². The molecule has 0 amide bonds. The van der Waals surface area contributed by atoms with Crippen molar-refractivity contribution in [2.45, 2.75) is 77.2 Å². The average molecular weight is 246 g/mol. The smallest absolute Gasteiger partial charge is 0.318 e. The lowest BCUT2D eigenvalue weighted by Crippen LogP contribution is -2.14. The first kappa shape index (κ1) is 16.1. The summed E-state index contributed by atoms with van der Waals surface area (Å²) in [5.74, 6) is 0. The van der Waals surface area contributed by atoms with Gasteiger partial charge < -0.3 is 9.22 Å². The van der Waals surface area contributed by atoms with Gasteiger partial charge in [0.05, 0.1) is 0 Å². The lowest BCUT2D eigenvalue weighted by Gasteiger charge is -2.05. The van der Waals surface area contributed by atoms with Crippen LogP contribution >= 0.6 is 0 Å². The van der Waals surface area contributed by atoms with E-state index in [-0.39, 0.29) is 0 Å². The van der Waals surface area contributed by atoms with Crippen LogP contribution in [0.2, 0.25) is 6.04 Å². The number of hydrogen-bond donors (Lipinski definition) is 1. The molecule has 0 aromatic carbocycles. The summed E-state index contributed by atoms with van der Waals surface area (Å²) in [5, 5.41) is 0. The largest absolute Gasteiger partial charge is 0.413 e. The molecule has 0 bridgehead atoms. The van der Waals surface area contributed by atoms with E-state index in [1.54, 1.807) is 7.11 Å². The Morgan fingerprint density at radius 3 is 1.69 bits per heavy atom. The fourth-order valence-electron chi connectivity index (χ4n) is 1.92. The van der Waals surface area contributed by atoms with Gasteiger partial charge in [-0.15, -0.1) is 0 Å². The average Bonchev–Trinajstić information content (AvgIpc) is 2.31. The van der Waals surface area contributed by atoms with Crippen LogP contribution in [0, 0.1) is 0 Å². The van der Waals surface area contributed by atoms with E-state index >= 15 is 0 Å². The molecule has 0 aromatic heterocycles. The zero-order chi connectivity index (χ0) is 12.1. The first-order valence-corrected chi connectivity index (χ1v) is 8.82. The van der Waals surface area contributed by atoms with Crippen molar-refractivity contribution < 1.29 is 9.22 Å². The predicted octanol–water partition coefficient (Wildman–Crippen LogP) is 3.77. The Balaban J connectivity index is 2.93. The van der Waals surface area contributed by atoms with Crippen LogP contribution < -0.4 is 0 Å². The van der Waals surface area contributed by atoms with Gasteiger partial charge in [-0.05, 0) is 6.04 Å². The molecule has 1 unspecified atom stereocenters. The summed E-state index contributed by atoms with van der Waals surface area (Å²) in [6.07, 6.45) is 13.5. The first-order chi connectivity index (χ1) is 7.81. The van der Waals surface area contributed by atoms with Crippen LogP contribution in [0.3, 0.4) is 0 Å². The predicted molar refractivity (Wildman–Crippen MR) is 73.0 cm³/mol. The molecule has 16 heavy (non-hydrogen) atoms. The van der Waals surface area contributed by atoms with Crippen LogP contribution in [-0.2, 0) is 4.43 Å². The van der Waals surface area contributed by atoms with Crippen molar-refractivity contribution in [2.24, 2.45) is 0 Å². The second-order valence-electron chi connectivity index (χ2n) is 4.66. The number of hydrogen-bond acceptors (Lipinski definition) is 2. The molecule has 1 atom stereocenters. The molecular formula is C13H30O2Si. The van der Waals surface area contributed by atoms with E-state index in [0.717, 1.165) is 12.5 Å². The zero-order valence-corrected chi connectivity index (χ0v) is 12.4. The lowest BCUT2D eigenvalue weighted by molar-refractivity contribution is 0.324. The summed E-state index contributed by atoms with van der Waals surface area (Å²) < 4.78 is 4.93. The summed E-state index contributed by atoms with van der Waals surface area (Å²) in [6.45, 7) is 2.26. The highest BCUT2D eigenvalue weighted by Crippen LogP contribution is 2.11. The van der Waals surface area contributed by atoms with Crippen molar-refractivity contribution in [3.05, 3.63) is 0 Å². The molecule has 0 heterocycles. The highest BCUT2D eigenvalue weighted by Gasteiger charge is 2.03. The molecule has 0 rings (SSSR count). The van der Waals surface area contributed by atoms with E-state index in [9.17, 15) is 4.80 Å². The fourth-order valence-corrected chi connectivity index (χ4v) is 2.80. The Kier molecular flexibility index (Phi) is 13.3. The molecule has 0 aliphatic rings. The third-order valence-electron chi connectivity index (χ3n) is 3.08. The van der Waals surface area contributed by atoms with Gasteiger partial charge in [0.25, 0.3) is 0 Å². The third kappa shape index (κ3) is 12.2. The van der Waals surface area contributed by atoms with Gasteiger partial charge in [0.2, 0.25) is 0 Å². The van der Waals surface area contributed by atoms with Gasteiger partial charge in [0.15, 0.2) is 0 Å². The van der Waals surface area contributed by atoms with Crippen molar-refractivity contribution in [3.63, 3.8) is 0 Å². The third-order valence-corrected chi connectivity index (χ3v) is 4.52. The Bertz CT molecular complexity index is 131. The topological polar surface area (TPSA) is 29.5 Å². The first-order valence-electron chi connectivity index (χ1n) is 7.02. The van der Waals surface area contributed by atoms with Crippen molar-refractivity contribution in [2.75, 3.05) is 7.11 Å². The minimum Gasteiger partial charge on any atom is -0.413 e. The second-order valence-corrected chi connectivity index (χ2v) is 6.62. The van der Waals surface area contributed by atoms with Crippen LogP contribution in [0.5, 0.6) is 0 Å². The molecule has 0 saturated heterocycles. The van der Waals surface area contributed by atoms with Crippen molar-refractivity contribution in [1.29, 1.82) is 0 Å². The van der Waals surface area contributed by atoms with Gasteiger partial charge in [-0.2, -0.15) is 0 Å². The normalized spacial score (nSPS) is 12.9. The van der Waals surface area contributed by atoms with Crippen LogP contribution in [0.25, 0.3) is 0 Å². The Labute approximate surface area is 103 Å². The maximum atomic E-state index is 9.30. The van der Waals surface area contributed by atoms with Crippen molar-refractivity contribution in [1.82, 2.24) is 0 Å². The minimum atomic E-state index is -1.76. The van der Waals surface area contributed by atoms with E-state index in [0.29, 0.717) is 0 Å². The highest BCUT2D eigenvalue weighted by molar-refractivity contribution is 6.42. The summed E-state index contributed by atoms with van der Waals surface area (Å²) >= 11 is 0. The maximum Gasteiger partial charge on any atom is 0.318 e. The quantitative estimate of drug-likeness (QED) is 0.419. The molecule has 0 saturated carbocycles. The second kappa shape index (κ2) is 13.2. The molecule has 2 nitrogen and oxygen atoms in total. The summed E-state index contributed by atoms with van der Waals surface area (Å²) in [5.41, 5.74) is 0. The lowest BCUT2D eigenvalue weighted by atomic mass is 10.1. The summed E-state index contributed by atoms with van der Waals surface area (Å²) in [7, 11) is -0.141. The number of unbranched alkanes of at least 4 members (excludes halogenated alkanes) is 9. The van der Waals surface area contributed by atoms with Crippen LogP contribution in [0.1, 0.15) is 71.1 Å².